The molecule has 1 unspecified atom stereocenters. The number of aryl methyl sites for hydroxylation is 1. The Bertz CT molecular complexity index is 512. The Morgan fingerprint density at radius 1 is 1.42 bits per heavy atom. The third kappa shape index (κ3) is 3.81. The van der Waals surface area contributed by atoms with Gasteiger partial charge in [0.1, 0.15) is 0 Å². The van der Waals surface area contributed by atoms with Crippen molar-refractivity contribution in [3.05, 3.63) is 39.1 Å². The van der Waals surface area contributed by atoms with Crippen LogP contribution >= 0.6 is 27.5 Å². The Kier molecular flexibility index (Phi) is 5.42. The molecule has 2 aromatic heterocycles. The third-order valence-corrected chi connectivity index (χ3v) is 4.29. The summed E-state index contributed by atoms with van der Waals surface area (Å²) in [5, 5.41) is 7.58. The zero-order chi connectivity index (χ0) is 13.7. The van der Waals surface area contributed by atoms with Gasteiger partial charge in [-0.1, -0.05) is 17.8 Å². The summed E-state index contributed by atoms with van der Waals surface area (Å²) in [4.78, 5) is 5.66. The van der Waals surface area contributed by atoms with Crippen LogP contribution in [-0.2, 0) is 12.8 Å². The Labute approximate surface area is 126 Å². The van der Waals surface area contributed by atoms with E-state index in [0.29, 0.717) is 0 Å². The van der Waals surface area contributed by atoms with Crippen molar-refractivity contribution in [3.63, 3.8) is 0 Å². The molecule has 4 nitrogen and oxygen atoms in total. The molecule has 0 saturated heterocycles. The minimum atomic E-state index is 0.232. The van der Waals surface area contributed by atoms with E-state index in [9.17, 15) is 0 Å². The molecule has 0 amide bonds. The summed E-state index contributed by atoms with van der Waals surface area (Å²) in [6.07, 6.45) is 4.76. The van der Waals surface area contributed by atoms with Crippen molar-refractivity contribution in [2.45, 2.75) is 32.2 Å². The SMILES string of the molecule is CCCc1nnsc1C(Cc1ccc(Br)cn1)NC. The number of hydrogen-bond acceptors (Lipinski definition) is 5. The lowest BCUT2D eigenvalue weighted by molar-refractivity contribution is 0.586. The molecule has 0 spiro atoms. The van der Waals surface area contributed by atoms with E-state index in [-0.39, 0.29) is 6.04 Å². The van der Waals surface area contributed by atoms with Gasteiger partial charge in [0.25, 0.3) is 0 Å². The molecule has 0 radical (unpaired) electrons. The second-order valence-corrected chi connectivity index (χ2v) is 6.05. The summed E-state index contributed by atoms with van der Waals surface area (Å²) in [5.74, 6) is 0. The Hall–Kier alpha value is -0.850. The average Bonchev–Trinajstić information content (AvgIpc) is 2.87. The molecule has 2 rings (SSSR count). The van der Waals surface area contributed by atoms with Crippen LogP contribution in [0.5, 0.6) is 0 Å². The van der Waals surface area contributed by atoms with Crippen molar-refractivity contribution in [1.29, 1.82) is 0 Å². The van der Waals surface area contributed by atoms with Crippen molar-refractivity contribution < 1.29 is 0 Å². The van der Waals surface area contributed by atoms with Gasteiger partial charge in [-0.25, -0.2) is 0 Å². The first-order chi connectivity index (χ1) is 9.24. The second-order valence-electron chi connectivity index (χ2n) is 4.35. The van der Waals surface area contributed by atoms with E-state index in [1.54, 1.807) is 0 Å². The first-order valence-corrected chi connectivity index (χ1v) is 7.90. The topological polar surface area (TPSA) is 50.7 Å². The molecule has 1 N–H and O–H groups in total. The van der Waals surface area contributed by atoms with Crippen molar-refractivity contribution in [1.82, 2.24) is 19.9 Å². The van der Waals surface area contributed by atoms with Gasteiger partial charge in [-0.15, -0.1) is 5.10 Å². The van der Waals surface area contributed by atoms with Gasteiger partial charge in [0.05, 0.1) is 16.6 Å². The van der Waals surface area contributed by atoms with Crippen LogP contribution in [0.25, 0.3) is 0 Å². The molecule has 6 heteroatoms. The molecule has 0 aromatic carbocycles. The molecular formula is C13H17BrN4S. The number of aromatic nitrogens is 3. The highest BCUT2D eigenvalue weighted by molar-refractivity contribution is 9.10. The largest absolute Gasteiger partial charge is 0.312 e. The van der Waals surface area contributed by atoms with Gasteiger partial charge in [-0.3, -0.25) is 4.98 Å². The highest BCUT2D eigenvalue weighted by Gasteiger charge is 2.18. The lowest BCUT2D eigenvalue weighted by atomic mass is 10.1. The van der Waals surface area contributed by atoms with Crippen molar-refractivity contribution in [2.75, 3.05) is 7.05 Å². The lowest BCUT2D eigenvalue weighted by Gasteiger charge is -2.14. The summed E-state index contributed by atoms with van der Waals surface area (Å²) in [6, 6.07) is 4.30. The number of pyridine rings is 1. The average molecular weight is 341 g/mol. The highest BCUT2D eigenvalue weighted by atomic mass is 79.9. The van der Waals surface area contributed by atoms with Gasteiger partial charge in [0, 0.05) is 22.8 Å². The highest BCUT2D eigenvalue weighted by Crippen LogP contribution is 2.24. The monoisotopic (exact) mass is 340 g/mol. The Balaban J connectivity index is 2.15. The summed E-state index contributed by atoms with van der Waals surface area (Å²) >= 11 is 4.89. The number of hydrogen-bond donors (Lipinski definition) is 1. The molecule has 0 fully saturated rings. The molecule has 19 heavy (non-hydrogen) atoms. The maximum Gasteiger partial charge on any atom is 0.0803 e. The number of likely N-dealkylation sites (N-methyl/N-ethyl adjacent to an activating group) is 1. The summed E-state index contributed by atoms with van der Waals surface area (Å²) in [5.41, 5.74) is 2.18. The van der Waals surface area contributed by atoms with E-state index in [0.717, 1.165) is 35.1 Å². The predicted molar refractivity (Wildman–Crippen MR) is 81.3 cm³/mol. The van der Waals surface area contributed by atoms with E-state index in [1.807, 2.05) is 25.4 Å². The fourth-order valence-electron chi connectivity index (χ4n) is 1.95. The number of nitrogens with one attached hydrogen (secondary N) is 1. The van der Waals surface area contributed by atoms with Crippen LogP contribution in [0.15, 0.2) is 22.8 Å². The predicted octanol–water partition coefficient (Wildman–Crippen LogP) is 3.15. The Morgan fingerprint density at radius 2 is 2.26 bits per heavy atom. The lowest BCUT2D eigenvalue weighted by Crippen LogP contribution is -2.19. The van der Waals surface area contributed by atoms with Crippen LogP contribution < -0.4 is 5.32 Å². The maximum absolute atomic E-state index is 4.43. The first kappa shape index (κ1) is 14.6. The third-order valence-electron chi connectivity index (χ3n) is 2.94. The van der Waals surface area contributed by atoms with E-state index >= 15 is 0 Å². The second kappa shape index (κ2) is 7.07. The van der Waals surface area contributed by atoms with Gasteiger partial charge in [0.15, 0.2) is 0 Å². The quantitative estimate of drug-likeness (QED) is 0.877. The van der Waals surface area contributed by atoms with Crippen LogP contribution in [-0.4, -0.2) is 21.6 Å². The minimum Gasteiger partial charge on any atom is -0.312 e. The van der Waals surface area contributed by atoms with Gasteiger partial charge < -0.3 is 5.32 Å². The van der Waals surface area contributed by atoms with Gasteiger partial charge in [-0.05, 0) is 53.1 Å². The molecule has 0 aliphatic heterocycles. The van der Waals surface area contributed by atoms with Crippen molar-refractivity contribution in [3.8, 4) is 0 Å². The van der Waals surface area contributed by atoms with Crippen LogP contribution in [0, 0.1) is 0 Å². The molecule has 102 valence electrons. The molecule has 2 aromatic rings. The van der Waals surface area contributed by atoms with Crippen molar-refractivity contribution in [2.24, 2.45) is 0 Å². The standard InChI is InChI=1S/C13H17BrN4S/c1-3-4-11-13(19-18-17-11)12(15-2)7-10-6-5-9(14)8-16-10/h5-6,8,12,15H,3-4,7H2,1-2H3. The van der Waals surface area contributed by atoms with E-state index in [4.69, 9.17) is 0 Å². The van der Waals surface area contributed by atoms with E-state index < -0.39 is 0 Å². The molecule has 1 atom stereocenters. The fourth-order valence-corrected chi connectivity index (χ4v) is 2.99. The number of halogens is 1. The van der Waals surface area contributed by atoms with Gasteiger partial charge >= 0.3 is 0 Å². The smallest absolute Gasteiger partial charge is 0.0803 e. The zero-order valence-electron chi connectivity index (χ0n) is 11.1. The summed E-state index contributed by atoms with van der Waals surface area (Å²) in [6.45, 7) is 2.16. The minimum absolute atomic E-state index is 0.232. The normalized spacial score (nSPS) is 12.6. The number of rotatable bonds is 6. The summed E-state index contributed by atoms with van der Waals surface area (Å²) in [7, 11) is 1.97. The summed E-state index contributed by atoms with van der Waals surface area (Å²) < 4.78 is 5.09. The van der Waals surface area contributed by atoms with Crippen LogP contribution in [0.4, 0.5) is 0 Å². The van der Waals surface area contributed by atoms with Crippen molar-refractivity contribution >= 4 is 27.5 Å². The van der Waals surface area contributed by atoms with E-state index in [1.165, 1.54) is 16.4 Å². The first-order valence-electron chi connectivity index (χ1n) is 6.33. The number of nitrogens with zero attached hydrogens (tertiary/aromatic N) is 3. The fraction of sp³-hybridized carbons (Fsp3) is 0.462. The van der Waals surface area contributed by atoms with Crippen LogP contribution in [0.2, 0.25) is 0 Å². The van der Waals surface area contributed by atoms with E-state index in [2.05, 4.69) is 42.7 Å². The molecule has 0 aliphatic rings. The zero-order valence-corrected chi connectivity index (χ0v) is 13.5. The van der Waals surface area contributed by atoms with Crippen LogP contribution in [0.1, 0.15) is 35.7 Å². The molecule has 0 saturated carbocycles. The molecule has 2 heterocycles. The molecular weight excluding hydrogens is 324 g/mol. The molecule has 0 bridgehead atoms. The van der Waals surface area contributed by atoms with Gasteiger partial charge in [-0.2, -0.15) is 0 Å². The maximum atomic E-state index is 4.43. The van der Waals surface area contributed by atoms with Gasteiger partial charge in [0.2, 0.25) is 0 Å². The van der Waals surface area contributed by atoms with Crippen LogP contribution in [0.3, 0.4) is 0 Å². The Morgan fingerprint density at radius 3 is 2.89 bits per heavy atom. The molecule has 0 aliphatic carbocycles.